The van der Waals surface area contributed by atoms with Crippen LogP contribution in [0, 0.1) is 9.71 Å². The van der Waals surface area contributed by atoms with Crippen molar-refractivity contribution in [2.24, 2.45) is 0 Å². The summed E-state index contributed by atoms with van der Waals surface area (Å²) >= 11 is 0. The molecule has 0 heterocycles. The summed E-state index contributed by atoms with van der Waals surface area (Å²) in [6.07, 6.45) is 0. The molecule has 0 aromatic heterocycles. The van der Waals surface area contributed by atoms with Gasteiger partial charge in [-0.15, -0.1) is 0 Å². The van der Waals surface area contributed by atoms with Crippen molar-refractivity contribution in [1.82, 2.24) is 0 Å². The number of nitrogens with two attached hydrogens (primary N) is 1. The molecule has 0 radical (unpaired) electrons. The lowest BCUT2D eigenvalue weighted by atomic mass is 10.3. The monoisotopic (exact) mass is 140 g/mol. The predicted molar refractivity (Wildman–Crippen MR) is 38.2 cm³/mol. The molecule has 1 aromatic rings. The Labute approximate surface area is 57.1 Å². The Hall–Kier alpha value is -1.58. The molecular weight excluding hydrogens is 134 g/mol. The second-order valence-electron chi connectivity index (χ2n) is 1.72. The Morgan fingerprint density at radius 1 is 1.30 bits per heavy atom. The molecule has 0 amide bonds. The van der Waals surface area contributed by atoms with Crippen LogP contribution in [0.2, 0.25) is 0 Å². The lowest BCUT2D eigenvalue weighted by molar-refractivity contribution is 0.468. The molecule has 1 rings (SSSR count). The van der Waals surface area contributed by atoms with Gasteiger partial charge >= 0.3 is 4.75 Å². The van der Waals surface area contributed by atoms with Crippen molar-refractivity contribution in [1.29, 1.82) is 0 Å². The molecule has 1 aromatic carbocycles. The quantitative estimate of drug-likeness (QED) is 0.290. The molecule has 10 heavy (non-hydrogen) atoms. The van der Waals surface area contributed by atoms with Crippen LogP contribution in [0.15, 0.2) is 24.3 Å². The first-order valence-corrected chi connectivity index (χ1v) is 2.65. The Bertz CT molecular complexity index is 219. The summed E-state index contributed by atoms with van der Waals surface area (Å²) in [5.74, 6) is 0.337. The van der Waals surface area contributed by atoms with Gasteiger partial charge in [0.2, 0.25) is 5.75 Å². The normalized spacial score (nSPS) is 8.80. The van der Waals surface area contributed by atoms with E-state index in [1.807, 2.05) is 0 Å². The van der Waals surface area contributed by atoms with Gasteiger partial charge in [0.15, 0.2) is 0 Å². The number of rotatable bonds is 2. The van der Waals surface area contributed by atoms with E-state index in [9.17, 15) is 4.96 Å². The smallest absolute Gasteiger partial charge is 0.383 e. The first kappa shape index (κ1) is 6.54. The summed E-state index contributed by atoms with van der Waals surface area (Å²) in [6, 6.07) is 6.28. The summed E-state index contributed by atoms with van der Waals surface area (Å²) in [5.41, 5.74) is 5.96. The van der Waals surface area contributed by atoms with Gasteiger partial charge in [-0.1, -0.05) is 0 Å². The zero-order valence-corrected chi connectivity index (χ0v) is 5.11. The topological polar surface area (TPSA) is 63.6 Å². The highest BCUT2D eigenvalue weighted by Gasteiger charge is 1.99. The van der Waals surface area contributed by atoms with Gasteiger partial charge in [0.05, 0.1) is 0 Å². The van der Waals surface area contributed by atoms with Gasteiger partial charge < -0.3 is 5.73 Å². The van der Waals surface area contributed by atoms with Gasteiger partial charge in [-0.2, -0.15) is 0 Å². The van der Waals surface area contributed by atoms with Crippen molar-refractivity contribution in [2.45, 2.75) is 0 Å². The highest BCUT2D eigenvalue weighted by atomic mass is 17.3. The number of hydrogen-bond acceptors (Lipinski definition) is 3. The average molecular weight is 140 g/mol. The van der Waals surface area contributed by atoms with Crippen LogP contribution in [0.5, 0.6) is 5.75 Å². The largest absolute Gasteiger partial charge is 0.399 e. The Morgan fingerprint density at radius 3 is 2.40 bits per heavy atom. The molecule has 52 valence electrons. The highest BCUT2D eigenvalue weighted by molar-refractivity contribution is 5.41. The van der Waals surface area contributed by atoms with Crippen LogP contribution in [-0.2, 0) is 0 Å². The lowest BCUT2D eigenvalue weighted by Gasteiger charge is -1.87. The van der Waals surface area contributed by atoms with E-state index in [4.69, 9.17) is 5.73 Å². The van der Waals surface area contributed by atoms with Crippen LogP contribution in [0.25, 0.3) is 0 Å². The molecule has 4 heteroatoms. The van der Waals surface area contributed by atoms with E-state index in [2.05, 4.69) is 9.63 Å². The maximum atomic E-state index is 9.43. The van der Waals surface area contributed by atoms with E-state index >= 15 is 0 Å². The molecule has 0 bridgehead atoms. The van der Waals surface area contributed by atoms with Gasteiger partial charge in [-0.3, -0.25) is 0 Å². The van der Waals surface area contributed by atoms with E-state index in [0.717, 1.165) is 0 Å². The maximum absolute atomic E-state index is 9.43. The molecule has 0 saturated carbocycles. The predicted octanol–water partition coefficient (Wildman–Crippen LogP) is 1.18. The fourth-order valence-corrected chi connectivity index (χ4v) is 0.563. The van der Waals surface area contributed by atoms with Crippen molar-refractivity contribution in [3.63, 3.8) is 0 Å². The van der Waals surface area contributed by atoms with Crippen LogP contribution in [-0.4, -0.2) is 0 Å². The molecule has 0 aliphatic rings. The van der Waals surface area contributed by atoms with Crippen LogP contribution < -0.4 is 10.6 Å². The van der Waals surface area contributed by atoms with Crippen LogP contribution in [0.3, 0.4) is 0 Å². The fraction of sp³-hybridized carbons (Fsp3) is 0. The van der Waals surface area contributed by atoms with Crippen molar-refractivity contribution in [3.05, 3.63) is 34.0 Å². The SMILES string of the molecule is Nc1ccc(O[O+]=O)cc1. The molecule has 4 nitrogen and oxygen atoms in total. The molecule has 2 N–H and O–H groups in total. The Kier molecular flexibility index (Phi) is 1.84. The Balaban J connectivity index is 2.78. The van der Waals surface area contributed by atoms with E-state index in [-0.39, 0.29) is 0 Å². The third kappa shape index (κ3) is 1.45. The first-order valence-electron chi connectivity index (χ1n) is 2.65. The highest BCUT2D eigenvalue weighted by Crippen LogP contribution is 2.12. The summed E-state index contributed by atoms with van der Waals surface area (Å²) in [5, 5.41) is 0. The van der Waals surface area contributed by atoms with E-state index in [1.165, 1.54) is 12.1 Å². The van der Waals surface area contributed by atoms with Gasteiger partial charge in [0, 0.05) is 5.69 Å². The summed E-state index contributed by atoms with van der Waals surface area (Å²) < 4.78 is 3.18. The summed E-state index contributed by atoms with van der Waals surface area (Å²) in [6.45, 7) is 0. The molecule has 0 saturated heterocycles. The van der Waals surface area contributed by atoms with Crippen LogP contribution in [0.1, 0.15) is 0 Å². The number of anilines is 1. The van der Waals surface area contributed by atoms with Crippen molar-refractivity contribution in [2.75, 3.05) is 5.73 Å². The number of hydrogen-bond donors (Lipinski definition) is 1. The summed E-state index contributed by atoms with van der Waals surface area (Å²) in [7, 11) is 0. The lowest BCUT2D eigenvalue weighted by Crippen LogP contribution is -1.85. The van der Waals surface area contributed by atoms with E-state index in [0.29, 0.717) is 11.4 Å². The van der Waals surface area contributed by atoms with Gasteiger partial charge in [0.1, 0.15) is 0 Å². The molecule has 0 aliphatic carbocycles. The molecule has 0 spiro atoms. The molecule has 0 atom stereocenters. The minimum atomic E-state index is 0.337. The minimum Gasteiger partial charge on any atom is -0.399 e. The van der Waals surface area contributed by atoms with Crippen molar-refractivity contribution in [3.8, 4) is 5.75 Å². The molecule has 0 unspecified atom stereocenters. The Morgan fingerprint density at radius 2 is 1.90 bits per heavy atom. The number of benzene rings is 1. The summed E-state index contributed by atoms with van der Waals surface area (Å²) in [4.78, 5) is 13.6. The average Bonchev–Trinajstić information content (AvgIpc) is 1.95. The molecule has 0 aliphatic heterocycles. The van der Waals surface area contributed by atoms with Crippen molar-refractivity contribution >= 4 is 5.69 Å². The second kappa shape index (κ2) is 2.82. The zero-order chi connectivity index (χ0) is 7.40. The van der Waals surface area contributed by atoms with Gasteiger partial charge in [0.25, 0.3) is 4.96 Å². The zero-order valence-electron chi connectivity index (χ0n) is 5.11. The van der Waals surface area contributed by atoms with Crippen molar-refractivity contribution < 1.29 is 4.89 Å². The standard InChI is InChI=1S/C6H6NO3/c7-5-1-3-6(4-2-5)9-10-8/h1-4H,7H2/q+1. The third-order valence-corrected chi connectivity index (χ3v) is 1.01. The molecule has 0 fully saturated rings. The van der Waals surface area contributed by atoms with Crippen LogP contribution >= 0.6 is 0 Å². The first-order chi connectivity index (χ1) is 4.83. The number of nitrogen functional groups attached to an aromatic ring is 1. The molecular formula is C6H6NO3+. The van der Waals surface area contributed by atoms with E-state index in [1.54, 1.807) is 12.1 Å². The van der Waals surface area contributed by atoms with Gasteiger partial charge in [-0.05, 0) is 29.2 Å². The van der Waals surface area contributed by atoms with Crippen LogP contribution in [0.4, 0.5) is 5.69 Å². The minimum absolute atomic E-state index is 0.337. The fourth-order valence-electron chi connectivity index (χ4n) is 0.563. The van der Waals surface area contributed by atoms with E-state index < -0.39 is 0 Å². The van der Waals surface area contributed by atoms with Gasteiger partial charge in [-0.25, -0.2) is 0 Å². The third-order valence-electron chi connectivity index (χ3n) is 1.01. The second-order valence-corrected chi connectivity index (χ2v) is 1.72. The maximum Gasteiger partial charge on any atom is 0.383 e.